The fraction of sp³-hybridized carbons (Fsp3) is 0.143. The Hall–Kier alpha value is -2.34. The Bertz CT molecular complexity index is 537. The Balaban J connectivity index is 0.00000191. The van der Waals surface area contributed by atoms with Crippen molar-refractivity contribution in [3.63, 3.8) is 0 Å². The van der Waals surface area contributed by atoms with Crippen molar-refractivity contribution in [1.29, 1.82) is 0 Å². The van der Waals surface area contributed by atoms with Crippen molar-refractivity contribution in [3.8, 4) is 0 Å². The van der Waals surface area contributed by atoms with E-state index in [2.05, 4.69) is 44.9 Å². The lowest BCUT2D eigenvalue weighted by Crippen LogP contribution is -1.85. The van der Waals surface area contributed by atoms with E-state index in [0.29, 0.717) is 0 Å². The molecule has 0 saturated heterocycles. The average Bonchev–Trinajstić information content (AvgIpc) is 2.54. The van der Waals surface area contributed by atoms with E-state index in [9.17, 15) is 0 Å². The molecule has 0 aliphatic carbocycles. The first-order valence-electron chi connectivity index (χ1n) is 7.25. The van der Waals surface area contributed by atoms with Crippen LogP contribution in [0.3, 0.4) is 0 Å². The van der Waals surface area contributed by atoms with E-state index in [-0.39, 0.29) is 0 Å². The van der Waals surface area contributed by atoms with Gasteiger partial charge in [0, 0.05) is 0 Å². The highest BCUT2D eigenvalue weighted by atomic mass is 14.0. The van der Waals surface area contributed by atoms with Gasteiger partial charge in [-0.2, -0.15) is 0 Å². The highest BCUT2D eigenvalue weighted by Gasteiger charge is 2.00. The van der Waals surface area contributed by atoms with Crippen LogP contribution in [0.5, 0.6) is 0 Å². The summed E-state index contributed by atoms with van der Waals surface area (Å²) in [5, 5.41) is 0. The molecule has 21 heavy (non-hydrogen) atoms. The third-order valence-electron chi connectivity index (χ3n) is 2.75. The highest BCUT2D eigenvalue weighted by molar-refractivity contribution is 5.76. The zero-order chi connectivity index (χ0) is 16.1. The van der Waals surface area contributed by atoms with E-state index in [4.69, 9.17) is 0 Å². The van der Waals surface area contributed by atoms with Crippen LogP contribution in [-0.2, 0) is 0 Å². The maximum absolute atomic E-state index is 3.83. The Kier molecular flexibility index (Phi) is 10.2. The molecule has 0 radical (unpaired) electrons. The lowest BCUT2D eigenvalue weighted by molar-refractivity contribution is 1.43. The molecule has 1 rings (SSSR count). The van der Waals surface area contributed by atoms with Crippen molar-refractivity contribution in [2.45, 2.75) is 20.8 Å². The van der Waals surface area contributed by atoms with Crippen LogP contribution < -0.4 is 0 Å². The quantitative estimate of drug-likeness (QED) is 0.519. The maximum Gasteiger partial charge on any atom is -0.0181 e. The van der Waals surface area contributed by atoms with Crippen LogP contribution >= 0.6 is 0 Å². The lowest BCUT2D eigenvalue weighted by Gasteiger charge is -2.06. The molecule has 0 aromatic heterocycles. The molecular weight excluding hydrogens is 252 g/mol. The molecule has 0 aliphatic heterocycles. The molecule has 0 atom stereocenters. The average molecular weight is 278 g/mol. The van der Waals surface area contributed by atoms with Gasteiger partial charge in [-0.3, -0.25) is 0 Å². The van der Waals surface area contributed by atoms with Crippen molar-refractivity contribution < 1.29 is 0 Å². The maximum atomic E-state index is 3.83. The van der Waals surface area contributed by atoms with E-state index in [1.807, 2.05) is 50.3 Å². The van der Waals surface area contributed by atoms with Crippen LogP contribution in [0.1, 0.15) is 26.3 Å². The smallest absolute Gasteiger partial charge is 0.0181 e. The van der Waals surface area contributed by atoms with E-state index in [1.54, 1.807) is 12.2 Å². The molecule has 0 fully saturated rings. The predicted octanol–water partition coefficient (Wildman–Crippen LogP) is 6.53. The fourth-order valence-electron chi connectivity index (χ4n) is 1.79. The molecule has 0 amide bonds. The Morgan fingerprint density at radius 1 is 0.905 bits per heavy atom. The van der Waals surface area contributed by atoms with Crippen molar-refractivity contribution >= 4 is 5.57 Å². The van der Waals surface area contributed by atoms with Gasteiger partial charge in [-0.05, 0) is 29.2 Å². The molecule has 0 spiro atoms. The molecule has 0 aliphatic rings. The van der Waals surface area contributed by atoms with Gasteiger partial charge in [-0.1, -0.05) is 100 Å². The topological polar surface area (TPSA) is 0 Å². The van der Waals surface area contributed by atoms with Gasteiger partial charge in [0.15, 0.2) is 0 Å². The standard InChI is InChI=1S/C19H20.C2H6/c1-5-11-17(7-3)16(4)15-19(12-6-2)18-13-9-8-10-14-18;1-2/h5-15H,1-3H2,4H3;1-2H3/b16-15+,17-11+,19-12+;. The summed E-state index contributed by atoms with van der Waals surface area (Å²) in [5.41, 5.74) is 4.52. The molecule has 1 aromatic carbocycles. The molecule has 0 bridgehead atoms. The highest BCUT2D eigenvalue weighted by Crippen LogP contribution is 2.21. The van der Waals surface area contributed by atoms with Gasteiger partial charge in [-0.25, -0.2) is 0 Å². The zero-order valence-corrected chi connectivity index (χ0v) is 13.5. The first-order valence-corrected chi connectivity index (χ1v) is 7.25. The number of hydrogen-bond donors (Lipinski definition) is 0. The third kappa shape index (κ3) is 6.58. The van der Waals surface area contributed by atoms with Crippen LogP contribution in [0.25, 0.3) is 5.57 Å². The summed E-state index contributed by atoms with van der Waals surface area (Å²) in [6.45, 7) is 17.4. The molecule has 110 valence electrons. The van der Waals surface area contributed by atoms with Crippen LogP contribution in [0.15, 0.2) is 97.7 Å². The van der Waals surface area contributed by atoms with Crippen LogP contribution in [0, 0.1) is 0 Å². The molecule has 0 saturated carbocycles. The van der Waals surface area contributed by atoms with Crippen molar-refractivity contribution in [3.05, 3.63) is 103 Å². The number of benzene rings is 1. The summed E-state index contributed by atoms with van der Waals surface area (Å²) < 4.78 is 0. The van der Waals surface area contributed by atoms with E-state index in [0.717, 1.165) is 16.7 Å². The lowest BCUT2D eigenvalue weighted by atomic mass is 9.99. The molecule has 0 N–H and O–H groups in total. The van der Waals surface area contributed by atoms with Crippen LogP contribution in [0.2, 0.25) is 0 Å². The summed E-state index contributed by atoms with van der Waals surface area (Å²) in [7, 11) is 0. The second-order valence-corrected chi connectivity index (χ2v) is 4.11. The molecule has 0 nitrogen and oxygen atoms in total. The summed E-state index contributed by atoms with van der Waals surface area (Å²) >= 11 is 0. The van der Waals surface area contributed by atoms with Crippen molar-refractivity contribution in [2.75, 3.05) is 0 Å². The Labute approximate surface area is 130 Å². The van der Waals surface area contributed by atoms with Gasteiger partial charge < -0.3 is 0 Å². The zero-order valence-electron chi connectivity index (χ0n) is 13.5. The van der Waals surface area contributed by atoms with Crippen molar-refractivity contribution in [2.24, 2.45) is 0 Å². The molecule has 1 aromatic rings. The summed E-state index contributed by atoms with van der Waals surface area (Å²) in [5.74, 6) is 0. The second kappa shape index (κ2) is 11.5. The number of rotatable bonds is 6. The molecule has 0 heteroatoms. The minimum atomic E-state index is 1.07. The first-order chi connectivity index (χ1) is 10.2. The normalized spacial score (nSPS) is 12.0. The van der Waals surface area contributed by atoms with Gasteiger partial charge in [0.1, 0.15) is 0 Å². The number of hydrogen-bond acceptors (Lipinski definition) is 0. The van der Waals surface area contributed by atoms with Gasteiger partial charge in [0.2, 0.25) is 0 Å². The Morgan fingerprint density at radius 3 is 1.95 bits per heavy atom. The fourth-order valence-corrected chi connectivity index (χ4v) is 1.79. The van der Waals surface area contributed by atoms with Gasteiger partial charge in [-0.15, -0.1) is 0 Å². The van der Waals surface area contributed by atoms with Gasteiger partial charge in [0.25, 0.3) is 0 Å². The van der Waals surface area contributed by atoms with Crippen LogP contribution in [0.4, 0.5) is 0 Å². The van der Waals surface area contributed by atoms with E-state index >= 15 is 0 Å². The SMILES string of the molecule is C=C/C=C(C=C)/C(C)=C/C(=C\C=C)c1ccccc1.CC. The first kappa shape index (κ1) is 18.7. The van der Waals surface area contributed by atoms with E-state index in [1.165, 1.54) is 5.56 Å². The largest absolute Gasteiger partial charge is 0.0990 e. The minimum Gasteiger partial charge on any atom is -0.0990 e. The number of allylic oxidation sites excluding steroid dienone is 9. The molecular formula is C21H26. The summed E-state index contributed by atoms with van der Waals surface area (Å²) in [6, 6.07) is 10.2. The Morgan fingerprint density at radius 2 is 1.48 bits per heavy atom. The summed E-state index contributed by atoms with van der Waals surface area (Å²) in [6.07, 6.45) is 11.5. The predicted molar refractivity (Wildman–Crippen MR) is 98.2 cm³/mol. The van der Waals surface area contributed by atoms with E-state index < -0.39 is 0 Å². The summed E-state index contributed by atoms with van der Waals surface area (Å²) in [4.78, 5) is 0. The van der Waals surface area contributed by atoms with Crippen molar-refractivity contribution in [1.82, 2.24) is 0 Å². The van der Waals surface area contributed by atoms with Gasteiger partial charge in [0.05, 0.1) is 0 Å². The molecule has 0 unspecified atom stereocenters. The second-order valence-electron chi connectivity index (χ2n) is 4.11. The monoisotopic (exact) mass is 278 g/mol. The van der Waals surface area contributed by atoms with Crippen LogP contribution in [-0.4, -0.2) is 0 Å². The minimum absolute atomic E-state index is 1.07. The van der Waals surface area contributed by atoms with Gasteiger partial charge >= 0.3 is 0 Å². The molecule has 0 heterocycles. The third-order valence-corrected chi connectivity index (χ3v) is 2.75.